The van der Waals surface area contributed by atoms with Gasteiger partial charge in [0.25, 0.3) is 5.91 Å². The minimum Gasteiger partial charge on any atom is -0.503 e. The fraction of sp³-hybridized carbons (Fsp3) is 0.316. The lowest BCUT2D eigenvalue weighted by Gasteiger charge is -2.27. The number of hydrogen-bond donors (Lipinski definition) is 1. The maximum absolute atomic E-state index is 13.0. The second kappa shape index (κ2) is 7.80. The van der Waals surface area contributed by atoms with E-state index < -0.39 is 17.7 Å². The molecule has 3 heterocycles. The third kappa shape index (κ3) is 3.54. The first-order chi connectivity index (χ1) is 12.5. The van der Waals surface area contributed by atoms with E-state index in [1.807, 2.05) is 19.0 Å². The van der Waals surface area contributed by atoms with Crippen LogP contribution < -0.4 is 0 Å². The van der Waals surface area contributed by atoms with Crippen LogP contribution in [0.15, 0.2) is 53.4 Å². The molecule has 3 rings (SSSR count). The predicted octanol–water partition coefficient (Wildman–Crippen LogP) is 2.67. The Balaban J connectivity index is 1.97. The molecule has 1 unspecified atom stereocenters. The second-order valence-corrected chi connectivity index (χ2v) is 7.35. The van der Waals surface area contributed by atoms with Gasteiger partial charge in [0.1, 0.15) is 0 Å². The zero-order valence-electron chi connectivity index (χ0n) is 14.8. The van der Waals surface area contributed by atoms with Gasteiger partial charge in [0, 0.05) is 18.9 Å². The number of aromatic nitrogens is 1. The molecule has 1 N–H and O–H groups in total. The molecule has 2 aromatic heterocycles. The highest BCUT2D eigenvalue weighted by Crippen LogP contribution is 2.39. The van der Waals surface area contributed by atoms with Gasteiger partial charge >= 0.3 is 0 Å². The van der Waals surface area contributed by atoms with E-state index in [-0.39, 0.29) is 11.4 Å². The summed E-state index contributed by atoms with van der Waals surface area (Å²) < 4.78 is 0. The number of aliphatic hydroxyl groups excluding tert-OH is 1. The van der Waals surface area contributed by atoms with E-state index in [1.165, 1.54) is 11.3 Å². The third-order valence-corrected chi connectivity index (χ3v) is 5.19. The van der Waals surface area contributed by atoms with Gasteiger partial charge in [-0.25, -0.2) is 0 Å². The van der Waals surface area contributed by atoms with E-state index in [4.69, 9.17) is 0 Å². The Morgan fingerprint density at radius 1 is 1.31 bits per heavy atom. The molecular weight excluding hydrogens is 350 g/mol. The molecule has 1 aliphatic rings. The molecule has 0 saturated heterocycles. The normalized spacial score (nSPS) is 17.4. The number of amides is 1. The van der Waals surface area contributed by atoms with Gasteiger partial charge in [0.15, 0.2) is 5.76 Å². The van der Waals surface area contributed by atoms with E-state index in [2.05, 4.69) is 4.98 Å². The number of thiophene rings is 1. The van der Waals surface area contributed by atoms with E-state index in [0.717, 1.165) is 18.5 Å². The molecule has 0 spiro atoms. The quantitative estimate of drug-likeness (QED) is 0.758. The van der Waals surface area contributed by atoms with Crippen molar-refractivity contribution in [3.8, 4) is 0 Å². The van der Waals surface area contributed by atoms with Crippen LogP contribution in [0.4, 0.5) is 0 Å². The Kier molecular flexibility index (Phi) is 5.49. The van der Waals surface area contributed by atoms with Crippen LogP contribution in [0, 0.1) is 0 Å². The van der Waals surface area contributed by atoms with Gasteiger partial charge in [-0.3, -0.25) is 14.6 Å². The van der Waals surface area contributed by atoms with Crippen LogP contribution in [-0.2, 0) is 4.79 Å². The number of Topliss-reactive ketones (excluding diaryl/α,β-unsaturated/α-hetero) is 1. The molecule has 7 heteroatoms. The summed E-state index contributed by atoms with van der Waals surface area (Å²) in [6.45, 7) is 1.26. The largest absolute Gasteiger partial charge is 0.503 e. The second-order valence-electron chi connectivity index (χ2n) is 6.41. The molecule has 0 aromatic carbocycles. The number of aliphatic hydroxyl groups is 1. The minimum absolute atomic E-state index is 0.147. The number of carbonyl (C=O) groups is 2. The number of rotatable bonds is 7. The first kappa shape index (κ1) is 18.3. The van der Waals surface area contributed by atoms with E-state index in [9.17, 15) is 14.7 Å². The summed E-state index contributed by atoms with van der Waals surface area (Å²) in [6, 6.07) is 6.44. The molecule has 0 aliphatic carbocycles. The lowest BCUT2D eigenvalue weighted by atomic mass is 9.96. The molecule has 0 fully saturated rings. The van der Waals surface area contributed by atoms with Crippen LogP contribution in [-0.4, -0.2) is 58.8 Å². The highest BCUT2D eigenvalue weighted by Gasteiger charge is 2.43. The summed E-state index contributed by atoms with van der Waals surface area (Å²) in [5.74, 6) is -1.25. The number of ketones is 1. The summed E-state index contributed by atoms with van der Waals surface area (Å²) in [4.78, 5) is 33.8. The number of nitrogens with zero attached hydrogens (tertiary/aromatic N) is 3. The van der Waals surface area contributed by atoms with Crippen molar-refractivity contribution in [2.45, 2.75) is 12.5 Å². The van der Waals surface area contributed by atoms with Crippen LogP contribution in [0.3, 0.4) is 0 Å². The lowest BCUT2D eigenvalue weighted by Crippen LogP contribution is -2.33. The van der Waals surface area contributed by atoms with Gasteiger partial charge in [-0.2, -0.15) is 0 Å². The smallest absolute Gasteiger partial charge is 0.290 e. The Morgan fingerprint density at radius 3 is 2.65 bits per heavy atom. The van der Waals surface area contributed by atoms with Gasteiger partial charge < -0.3 is 14.9 Å². The summed E-state index contributed by atoms with van der Waals surface area (Å²) in [5, 5.41) is 12.3. The Morgan fingerprint density at radius 2 is 2.04 bits per heavy atom. The average Bonchev–Trinajstić information content (AvgIpc) is 3.24. The van der Waals surface area contributed by atoms with Crippen molar-refractivity contribution in [1.29, 1.82) is 0 Å². The third-order valence-electron chi connectivity index (χ3n) is 4.32. The summed E-state index contributed by atoms with van der Waals surface area (Å²) >= 11 is 1.30. The molecule has 1 atom stereocenters. The maximum atomic E-state index is 13.0. The molecule has 6 nitrogen and oxygen atoms in total. The van der Waals surface area contributed by atoms with Crippen molar-refractivity contribution < 1.29 is 14.7 Å². The topological polar surface area (TPSA) is 73.7 Å². The lowest BCUT2D eigenvalue weighted by molar-refractivity contribution is -0.129. The SMILES string of the molecule is CN(C)CCCN1C(=O)C(O)=C(C(=O)c2cccs2)C1c1ccncc1. The first-order valence-electron chi connectivity index (χ1n) is 8.37. The standard InChI is InChI=1S/C19H21N3O3S/c1-21(2)10-4-11-22-16(13-6-8-20-9-7-13)15(18(24)19(22)25)17(23)14-5-3-12-26-14/h3,5-9,12,16,24H,4,10-11H2,1-2H3. The fourth-order valence-corrected chi connectivity index (χ4v) is 3.78. The van der Waals surface area contributed by atoms with Gasteiger partial charge in [0.2, 0.25) is 5.78 Å². The predicted molar refractivity (Wildman–Crippen MR) is 100 cm³/mol. The summed E-state index contributed by atoms with van der Waals surface area (Å²) in [7, 11) is 3.93. The maximum Gasteiger partial charge on any atom is 0.290 e. The van der Waals surface area contributed by atoms with Crippen LogP contribution in [0.25, 0.3) is 0 Å². The van der Waals surface area contributed by atoms with E-state index in [0.29, 0.717) is 11.4 Å². The van der Waals surface area contributed by atoms with Crippen LogP contribution >= 0.6 is 11.3 Å². The van der Waals surface area contributed by atoms with Crippen molar-refractivity contribution in [3.63, 3.8) is 0 Å². The molecule has 2 aromatic rings. The van der Waals surface area contributed by atoms with Crippen molar-refractivity contribution >= 4 is 23.0 Å². The van der Waals surface area contributed by atoms with Crippen LogP contribution in [0.1, 0.15) is 27.7 Å². The zero-order valence-corrected chi connectivity index (χ0v) is 15.6. The van der Waals surface area contributed by atoms with Gasteiger partial charge in [-0.05, 0) is 56.2 Å². The Bertz CT molecular complexity index is 816. The van der Waals surface area contributed by atoms with Gasteiger partial charge in [-0.1, -0.05) is 6.07 Å². The molecule has 0 radical (unpaired) electrons. The average molecular weight is 371 g/mol. The molecule has 136 valence electrons. The van der Waals surface area contributed by atoms with Crippen LogP contribution in [0.5, 0.6) is 0 Å². The van der Waals surface area contributed by atoms with Crippen molar-refractivity contribution in [3.05, 3.63) is 63.8 Å². The van der Waals surface area contributed by atoms with Crippen LogP contribution in [0.2, 0.25) is 0 Å². The Labute approximate surface area is 156 Å². The highest BCUT2D eigenvalue weighted by molar-refractivity contribution is 7.12. The van der Waals surface area contributed by atoms with Crippen molar-refractivity contribution in [2.75, 3.05) is 27.2 Å². The van der Waals surface area contributed by atoms with Crippen molar-refractivity contribution in [1.82, 2.24) is 14.8 Å². The van der Waals surface area contributed by atoms with Gasteiger partial charge in [-0.15, -0.1) is 11.3 Å². The minimum atomic E-state index is -0.595. The number of hydrogen-bond acceptors (Lipinski definition) is 6. The highest BCUT2D eigenvalue weighted by atomic mass is 32.1. The molecule has 26 heavy (non-hydrogen) atoms. The summed E-state index contributed by atoms with van der Waals surface area (Å²) in [5.41, 5.74) is 0.913. The Hall–Kier alpha value is -2.51. The molecule has 1 amide bonds. The fourth-order valence-electron chi connectivity index (χ4n) is 3.11. The first-order valence-corrected chi connectivity index (χ1v) is 9.25. The van der Waals surface area contributed by atoms with Crippen molar-refractivity contribution in [2.24, 2.45) is 0 Å². The van der Waals surface area contributed by atoms with Gasteiger partial charge in [0.05, 0.1) is 16.5 Å². The molecule has 0 saturated carbocycles. The zero-order chi connectivity index (χ0) is 18.7. The molecular formula is C19H21N3O3S. The molecule has 0 bridgehead atoms. The monoisotopic (exact) mass is 371 g/mol. The summed E-state index contributed by atoms with van der Waals surface area (Å²) in [6.07, 6.45) is 3.99. The van der Waals surface area contributed by atoms with E-state index in [1.54, 1.807) is 46.9 Å². The number of carbonyl (C=O) groups excluding carboxylic acids is 2. The number of pyridine rings is 1. The van der Waals surface area contributed by atoms with E-state index >= 15 is 0 Å². The molecule has 1 aliphatic heterocycles.